The van der Waals surface area contributed by atoms with Gasteiger partial charge in [0.15, 0.2) is 17.0 Å². The van der Waals surface area contributed by atoms with Gasteiger partial charge in [0.05, 0.1) is 12.9 Å². The Balaban J connectivity index is 1.96. The van der Waals surface area contributed by atoms with Crippen LogP contribution < -0.4 is 11.2 Å². The van der Waals surface area contributed by atoms with Crippen molar-refractivity contribution in [3.63, 3.8) is 0 Å². The average molecular weight is 332 g/mol. The fraction of sp³-hybridized carbons (Fsp3) is 0.429. The Morgan fingerprint density at radius 3 is 2.71 bits per heavy atom. The molecule has 0 unspecified atom stereocenters. The summed E-state index contributed by atoms with van der Waals surface area (Å²) in [7, 11) is 2.96. The minimum Gasteiger partial charge on any atom is -0.339 e. The molecule has 0 bridgehead atoms. The first-order valence-electron chi connectivity index (χ1n) is 7.30. The van der Waals surface area contributed by atoms with E-state index >= 15 is 0 Å². The number of rotatable bonds is 5. The van der Waals surface area contributed by atoms with Crippen LogP contribution in [0.5, 0.6) is 0 Å². The lowest BCUT2D eigenvalue weighted by molar-refractivity contribution is -0.117. The molecule has 0 saturated heterocycles. The van der Waals surface area contributed by atoms with Crippen molar-refractivity contribution in [2.45, 2.75) is 26.3 Å². The second-order valence-electron chi connectivity index (χ2n) is 5.56. The normalized spacial score (nSPS) is 11.3. The minimum atomic E-state index is -0.441. The van der Waals surface area contributed by atoms with E-state index in [2.05, 4.69) is 15.1 Å². The summed E-state index contributed by atoms with van der Waals surface area (Å²) in [5.41, 5.74) is -0.298. The molecule has 0 aliphatic carbocycles. The smallest absolute Gasteiger partial charge is 0.332 e. The van der Waals surface area contributed by atoms with E-state index in [1.807, 2.05) is 0 Å². The SMILES string of the molecule is CC(=O)CCc1nc(Cn2cnc3c2c(=O)n(C)c(=O)n3C)no1. The van der Waals surface area contributed by atoms with E-state index in [4.69, 9.17) is 4.52 Å². The van der Waals surface area contributed by atoms with E-state index < -0.39 is 11.2 Å². The van der Waals surface area contributed by atoms with Crippen molar-refractivity contribution in [3.05, 3.63) is 38.9 Å². The third-order valence-corrected chi connectivity index (χ3v) is 3.73. The van der Waals surface area contributed by atoms with Gasteiger partial charge in [-0.2, -0.15) is 4.98 Å². The second-order valence-corrected chi connectivity index (χ2v) is 5.56. The quantitative estimate of drug-likeness (QED) is 0.611. The number of hydrogen-bond donors (Lipinski definition) is 0. The summed E-state index contributed by atoms with van der Waals surface area (Å²) in [6, 6.07) is 0. The Morgan fingerprint density at radius 1 is 1.25 bits per heavy atom. The van der Waals surface area contributed by atoms with Gasteiger partial charge in [0.2, 0.25) is 5.89 Å². The van der Waals surface area contributed by atoms with Gasteiger partial charge in [-0.25, -0.2) is 9.78 Å². The van der Waals surface area contributed by atoms with Crippen molar-refractivity contribution in [2.75, 3.05) is 0 Å². The van der Waals surface area contributed by atoms with Crippen molar-refractivity contribution < 1.29 is 9.32 Å². The van der Waals surface area contributed by atoms with Crippen LogP contribution in [0.1, 0.15) is 25.1 Å². The average Bonchev–Trinajstić information content (AvgIpc) is 3.16. The van der Waals surface area contributed by atoms with E-state index in [9.17, 15) is 14.4 Å². The zero-order chi connectivity index (χ0) is 17.4. The number of aryl methyl sites for hydroxylation is 2. The molecule has 0 atom stereocenters. The van der Waals surface area contributed by atoms with E-state index in [1.54, 1.807) is 11.6 Å². The number of imidazole rings is 1. The molecule has 0 saturated carbocycles. The molecule has 3 heterocycles. The zero-order valence-electron chi connectivity index (χ0n) is 13.5. The Morgan fingerprint density at radius 2 is 2.00 bits per heavy atom. The summed E-state index contributed by atoms with van der Waals surface area (Å²) in [5.74, 6) is 0.772. The Kier molecular flexibility index (Phi) is 3.87. The Hall–Kier alpha value is -3.04. The Bertz CT molecular complexity index is 1040. The summed E-state index contributed by atoms with van der Waals surface area (Å²) in [6.07, 6.45) is 2.17. The zero-order valence-corrected chi connectivity index (χ0v) is 13.5. The summed E-state index contributed by atoms with van der Waals surface area (Å²) < 4.78 is 8.98. The second kappa shape index (κ2) is 5.87. The molecule has 0 spiro atoms. The van der Waals surface area contributed by atoms with E-state index in [-0.39, 0.29) is 17.8 Å². The molecule has 10 heteroatoms. The first kappa shape index (κ1) is 15.8. The third kappa shape index (κ3) is 2.66. The van der Waals surface area contributed by atoms with Crippen molar-refractivity contribution in [1.82, 2.24) is 28.8 Å². The number of hydrogen-bond acceptors (Lipinski definition) is 7. The van der Waals surface area contributed by atoms with Gasteiger partial charge >= 0.3 is 5.69 Å². The summed E-state index contributed by atoms with van der Waals surface area (Å²) >= 11 is 0. The molecule has 0 amide bonds. The van der Waals surface area contributed by atoms with Crippen molar-refractivity contribution in [2.24, 2.45) is 14.1 Å². The molecule has 0 fully saturated rings. The van der Waals surface area contributed by atoms with Crippen LogP contribution in [0.2, 0.25) is 0 Å². The molecule has 3 rings (SSSR count). The van der Waals surface area contributed by atoms with Crippen LogP contribution in [-0.4, -0.2) is 34.6 Å². The molecule has 0 aliphatic rings. The summed E-state index contributed by atoms with van der Waals surface area (Å²) in [5, 5.41) is 3.84. The number of carbonyl (C=O) groups excluding carboxylic acids is 1. The molecule has 3 aromatic rings. The van der Waals surface area contributed by atoms with Crippen molar-refractivity contribution in [3.8, 4) is 0 Å². The maximum atomic E-state index is 12.3. The maximum Gasteiger partial charge on any atom is 0.332 e. The molecular formula is C14H16N6O4. The van der Waals surface area contributed by atoms with Gasteiger partial charge in [0.1, 0.15) is 5.78 Å². The summed E-state index contributed by atoms with van der Waals surface area (Å²) in [4.78, 5) is 43.6. The lowest BCUT2D eigenvalue weighted by atomic mass is 10.2. The van der Waals surface area contributed by atoms with E-state index in [0.717, 1.165) is 4.57 Å². The molecular weight excluding hydrogens is 316 g/mol. The van der Waals surface area contributed by atoms with Gasteiger partial charge in [-0.3, -0.25) is 13.9 Å². The number of nitrogens with zero attached hydrogens (tertiary/aromatic N) is 6. The Labute approximate surface area is 135 Å². The molecule has 24 heavy (non-hydrogen) atoms. The van der Waals surface area contributed by atoms with Crippen LogP contribution in [0, 0.1) is 0 Å². The number of ketones is 1. The van der Waals surface area contributed by atoms with Gasteiger partial charge in [0, 0.05) is 26.9 Å². The van der Waals surface area contributed by atoms with Crippen LogP contribution in [0.25, 0.3) is 11.2 Å². The number of carbonyl (C=O) groups is 1. The summed E-state index contributed by atoms with van der Waals surface area (Å²) in [6.45, 7) is 1.67. The standard InChI is InChI=1S/C14H16N6O4/c1-8(21)4-5-10-16-9(17-24-10)6-20-7-15-12-11(20)13(22)19(3)14(23)18(12)2/h7H,4-6H2,1-3H3. The van der Waals surface area contributed by atoms with Gasteiger partial charge < -0.3 is 13.9 Å². The first-order chi connectivity index (χ1) is 11.4. The predicted molar refractivity (Wildman–Crippen MR) is 82.6 cm³/mol. The molecule has 3 aromatic heterocycles. The largest absolute Gasteiger partial charge is 0.339 e. The molecule has 126 valence electrons. The lowest BCUT2D eigenvalue weighted by Gasteiger charge is -2.04. The van der Waals surface area contributed by atoms with E-state index in [1.165, 1.54) is 24.9 Å². The highest BCUT2D eigenvalue weighted by atomic mass is 16.5. The van der Waals surface area contributed by atoms with Crippen LogP contribution in [0.15, 0.2) is 20.4 Å². The maximum absolute atomic E-state index is 12.3. The molecule has 10 nitrogen and oxygen atoms in total. The molecule has 0 radical (unpaired) electrons. The molecule has 0 aromatic carbocycles. The number of fused-ring (bicyclic) bond motifs is 1. The lowest BCUT2D eigenvalue weighted by Crippen LogP contribution is -2.37. The van der Waals surface area contributed by atoms with Crippen molar-refractivity contribution in [1.29, 1.82) is 0 Å². The number of Topliss-reactive ketones (excluding diaryl/α,β-unsaturated/α-hetero) is 1. The van der Waals surface area contributed by atoms with Crippen LogP contribution in [0.4, 0.5) is 0 Å². The highest BCUT2D eigenvalue weighted by molar-refractivity contribution is 5.75. The van der Waals surface area contributed by atoms with Gasteiger partial charge in [-0.15, -0.1) is 0 Å². The van der Waals surface area contributed by atoms with Crippen LogP contribution in [-0.2, 0) is 31.9 Å². The van der Waals surface area contributed by atoms with E-state index in [0.29, 0.717) is 30.2 Å². The van der Waals surface area contributed by atoms with Gasteiger partial charge in [0.25, 0.3) is 5.56 Å². The topological polar surface area (TPSA) is 118 Å². The van der Waals surface area contributed by atoms with Gasteiger partial charge in [-0.05, 0) is 6.92 Å². The monoisotopic (exact) mass is 332 g/mol. The molecule has 0 N–H and O–H groups in total. The fourth-order valence-electron chi connectivity index (χ4n) is 2.41. The van der Waals surface area contributed by atoms with Gasteiger partial charge in [-0.1, -0.05) is 5.16 Å². The highest BCUT2D eigenvalue weighted by Gasteiger charge is 2.16. The number of aromatic nitrogens is 6. The molecule has 0 aliphatic heterocycles. The fourth-order valence-corrected chi connectivity index (χ4v) is 2.41. The van der Waals surface area contributed by atoms with Crippen molar-refractivity contribution >= 4 is 16.9 Å². The predicted octanol–water partition coefficient (Wildman–Crippen LogP) is -0.613. The first-order valence-corrected chi connectivity index (χ1v) is 7.30. The third-order valence-electron chi connectivity index (χ3n) is 3.73. The highest BCUT2D eigenvalue weighted by Crippen LogP contribution is 2.09. The van der Waals surface area contributed by atoms with Crippen LogP contribution >= 0.6 is 0 Å². The minimum absolute atomic E-state index is 0.0415. The van der Waals surface area contributed by atoms with Crippen LogP contribution in [0.3, 0.4) is 0 Å².